The molecule has 0 heterocycles. The fourth-order valence-corrected chi connectivity index (χ4v) is 3.94. The standard InChI is InChI=1S/C28H31N3O7/c1-4-29-28(33)25(16-20-9-6-5-7-10-20)30(18-21-11-8-12-22(15-21)36-2)27(32)19-38-23-13-14-24(31(34)35)26(17-23)37-3/h5-15,17,25H,4,16,18-19H2,1-3H3,(H,29,33)/t25-/m0/s1. The van der Waals surface area contributed by atoms with Gasteiger partial charge in [-0.15, -0.1) is 0 Å². The van der Waals surface area contributed by atoms with Gasteiger partial charge >= 0.3 is 5.69 Å². The Morgan fingerprint density at radius 3 is 2.34 bits per heavy atom. The van der Waals surface area contributed by atoms with Crippen LogP contribution < -0.4 is 19.5 Å². The van der Waals surface area contributed by atoms with Crippen molar-refractivity contribution in [2.75, 3.05) is 27.4 Å². The number of nitrogens with zero attached hydrogens (tertiary/aromatic N) is 2. The molecule has 0 aliphatic carbocycles. The topological polar surface area (TPSA) is 120 Å². The molecule has 0 bridgehead atoms. The average Bonchev–Trinajstić information content (AvgIpc) is 2.94. The first-order chi connectivity index (χ1) is 18.4. The first kappa shape index (κ1) is 28.0. The van der Waals surface area contributed by atoms with Gasteiger partial charge in [0.25, 0.3) is 5.91 Å². The second-order valence-corrected chi connectivity index (χ2v) is 8.35. The lowest BCUT2D eigenvalue weighted by Crippen LogP contribution is -2.51. The number of ether oxygens (including phenoxy) is 3. The fourth-order valence-electron chi connectivity index (χ4n) is 3.94. The van der Waals surface area contributed by atoms with Crippen molar-refractivity contribution >= 4 is 17.5 Å². The maximum atomic E-state index is 13.6. The van der Waals surface area contributed by atoms with E-state index in [4.69, 9.17) is 14.2 Å². The first-order valence-corrected chi connectivity index (χ1v) is 12.1. The minimum atomic E-state index is -0.814. The van der Waals surface area contributed by atoms with Crippen LogP contribution in [0.2, 0.25) is 0 Å². The first-order valence-electron chi connectivity index (χ1n) is 12.1. The Morgan fingerprint density at radius 2 is 1.68 bits per heavy atom. The fraction of sp³-hybridized carbons (Fsp3) is 0.286. The molecule has 0 saturated carbocycles. The summed E-state index contributed by atoms with van der Waals surface area (Å²) in [5.41, 5.74) is 1.45. The molecule has 0 aliphatic rings. The molecule has 0 radical (unpaired) electrons. The predicted octanol–water partition coefficient (Wildman–Crippen LogP) is 3.77. The van der Waals surface area contributed by atoms with Crippen LogP contribution in [0.5, 0.6) is 17.2 Å². The van der Waals surface area contributed by atoms with E-state index >= 15 is 0 Å². The van der Waals surface area contributed by atoms with Crippen LogP contribution >= 0.6 is 0 Å². The summed E-state index contributed by atoms with van der Waals surface area (Å²) in [7, 11) is 2.87. The zero-order valence-electron chi connectivity index (χ0n) is 21.6. The number of amides is 2. The highest BCUT2D eigenvalue weighted by Gasteiger charge is 2.30. The highest BCUT2D eigenvalue weighted by molar-refractivity contribution is 5.88. The van der Waals surface area contributed by atoms with Crippen LogP contribution in [0.3, 0.4) is 0 Å². The number of methoxy groups -OCH3 is 2. The van der Waals surface area contributed by atoms with Gasteiger partial charge in [-0.3, -0.25) is 19.7 Å². The van der Waals surface area contributed by atoms with Gasteiger partial charge in [0, 0.05) is 31.6 Å². The maximum absolute atomic E-state index is 13.6. The Bertz CT molecular complexity index is 1250. The number of hydrogen-bond acceptors (Lipinski definition) is 7. The van der Waals surface area contributed by atoms with Crippen LogP contribution in [-0.4, -0.2) is 55.1 Å². The van der Waals surface area contributed by atoms with Gasteiger partial charge in [-0.2, -0.15) is 0 Å². The van der Waals surface area contributed by atoms with E-state index in [1.54, 1.807) is 19.2 Å². The lowest BCUT2D eigenvalue weighted by molar-refractivity contribution is -0.385. The van der Waals surface area contributed by atoms with Crippen LogP contribution in [0.15, 0.2) is 72.8 Å². The Balaban J connectivity index is 1.91. The van der Waals surface area contributed by atoms with Crippen LogP contribution in [0, 0.1) is 10.1 Å². The third kappa shape index (κ3) is 7.45. The van der Waals surface area contributed by atoms with Crippen molar-refractivity contribution in [1.82, 2.24) is 10.2 Å². The monoisotopic (exact) mass is 521 g/mol. The van der Waals surface area contributed by atoms with Gasteiger partial charge in [-0.25, -0.2) is 0 Å². The summed E-state index contributed by atoms with van der Waals surface area (Å²) >= 11 is 0. The van der Waals surface area contributed by atoms with Gasteiger partial charge in [-0.1, -0.05) is 42.5 Å². The van der Waals surface area contributed by atoms with E-state index in [1.165, 1.54) is 30.2 Å². The molecule has 0 spiro atoms. The molecule has 0 aromatic heterocycles. The van der Waals surface area contributed by atoms with E-state index < -0.39 is 23.5 Å². The number of nitro groups is 1. The number of hydrogen-bond donors (Lipinski definition) is 1. The van der Waals surface area contributed by atoms with E-state index in [0.29, 0.717) is 18.7 Å². The molecule has 3 aromatic carbocycles. The van der Waals surface area contributed by atoms with E-state index in [9.17, 15) is 19.7 Å². The lowest BCUT2D eigenvalue weighted by Gasteiger charge is -2.31. The number of nitro benzene ring substituents is 1. The van der Waals surface area contributed by atoms with Crippen molar-refractivity contribution in [2.24, 2.45) is 0 Å². The summed E-state index contributed by atoms with van der Waals surface area (Å²) < 4.78 is 16.1. The quantitative estimate of drug-likeness (QED) is 0.269. The van der Waals surface area contributed by atoms with Gasteiger partial charge in [0.15, 0.2) is 6.61 Å². The van der Waals surface area contributed by atoms with Crippen molar-refractivity contribution in [2.45, 2.75) is 25.9 Å². The van der Waals surface area contributed by atoms with Gasteiger partial charge in [0.1, 0.15) is 17.5 Å². The minimum absolute atomic E-state index is 0.0115. The summed E-state index contributed by atoms with van der Waals surface area (Å²) in [6, 6.07) is 19.9. The molecule has 0 aliphatic heterocycles. The molecule has 200 valence electrons. The average molecular weight is 522 g/mol. The Morgan fingerprint density at radius 1 is 0.947 bits per heavy atom. The summed E-state index contributed by atoms with van der Waals surface area (Å²) in [6.45, 7) is 1.97. The van der Waals surface area contributed by atoms with Crippen molar-refractivity contribution in [3.05, 3.63) is 94.0 Å². The number of carbonyl (C=O) groups excluding carboxylic acids is 2. The molecule has 2 amide bonds. The molecule has 1 N–H and O–H groups in total. The van der Waals surface area contributed by atoms with E-state index in [2.05, 4.69) is 5.32 Å². The lowest BCUT2D eigenvalue weighted by atomic mass is 10.0. The minimum Gasteiger partial charge on any atom is -0.497 e. The molecule has 3 rings (SSSR count). The number of rotatable bonds is 13. The number of carbonyl (C=O) groups is 2. The zero-order chi connectivity index (χ0) is 27.5. The molecule has 10 nitrogen and oxygen atoms in total. The Labute approximate surface area is 221 Å². The van der Waals surface area contributed by atoms with Crippen molar-refractivity contribution in [1.29, 1.82) is 0 Å². The number of nitrogens with one attached hydrogen (secondary N) is 1. The van der Waals surface area contributed by atoms with E-state index in [-0.39, 0.29) is 29.6 Å². The molecule has 1 atom stereocenters. The Kier molecular flexibility index (Phi) is 10.0. The van der Waals surface area contributed by atoms with Crippen LogP contribution in [0.25, 0.3) is 0 Å². The van der Waals surface area contributed by atoms with Gasteiger partial charge in [0.05, 0.1) is 19.1 Å². The second-order valence-electron chi connectivity index (χ2n) is 8.35. The van der Waals surface area contributed by atoms with Crippen LogP contribution in [-0.2, 0) is 22.6 Å². The summed E-state index contributed by atoms with van der Waals surface area (Å²) in [5.74, 6) is 0.140. The molecule has 0 unspecified atom stereocenters. The van der Waals surface area contributed by atoms with Crippen molar-refractivity contribution in [3.63, 3.8) is 0 Å². The molecular weight excluding hydrogens is 490 g/mol. The van der Waals surface area contributed by atoms with Gasteiger partial charge in [0.2, 0.25) is 11.7 Å². The van der Waals surface area contributed by atoms with Gasteiger partial charge in [-0.05, 0) is 36.2 Å². The maximum Gasteiger partial charge on any atom is 0.311 e. The number of benzene rings is 3. The molecular formula is C28H31N3O7. The number of likely N-dealkylation sites (N-methyl/N-ethyl adjacent to an activating group) is 1. The van der Waals surface area contributed by atoms with Crippen molar-refractivity contribution in [3.8, 4) is 17.2 Å². The Hall–Kier alpha value is -4.60. The normalized spacial score (nSPS) is 11.2. The SMILES string of the molecule is CCNC(=O)[C@H](Cc1ccccc1)N(Cc1cccc(OC)c1)C(=O)COc1ccc([N+](=O)[O-])c(OC)c1. The largest absolute Gasteiger partial charge is 0.497 e. The van der Waals surface area contributed by atoms with Gasteiger partial charge < -0.3 is 24.4 Å². The zero-order valence-corrected chi connectivity index (χ0v) is 21.6. The molecule has 3 aromatic rings. The smallest absolute Gasteiger partial charge is 0.311 e. The molecule has 0 saturated heterocycles. The molecule has 10 heteroatoms. The van der Waals surface area contributed by atoms with E-state index in [0.717, 1.165) is 11.1 Å². The van der Waals surface area contributed by atoms with Crippen LogP contribution in [0.4, 0.5) is 5.69 Å². The molecule has 38 heavy (non-hydrogen) atoms. The summed E-state index contributed by atoms with van der Waals surface area (Å²) in [6.07, 6.45) is 0.299. The second kappa shape index (κ2) is 13.6. The predicted molar refractivity (Wildman–Crippen MR) is 141 cm³/mol. The molecule has 0 fully saturated rings. The van der Waals surface area contributed by atoms with E-state index in [1.807, 2.05) is 49.4 Å². The third-order valence-corrected chi connectivity index (χ3v) is 5.82. The summed E-state index contributed by atoms with van der Waals surface area (Å²) in [5, 5.41) is 14.0. The highest BCUT2D eigenvalue weighted by atomic mass is 16.6. The van der Waals surface area contributed by atoms with Crippen LogP contribution in [0.1, 0.15) is 18.1 Å². The third-order valence-electron chi connectivity index (χ3n) is 5.82. The highest BCUT2D eigenvalue weighted by Crippen LogP contribution is 2.31. The van der Waals surface area contributed by atoms with Crippen molar-refractivity contribution < 1.29 is 28.7 Å². The summed E-state index contributed by atoms with van der Waals surface area (Å²) in [4.78, 5) is 38.9.